The third-order valence-electron chi connectivity index (χ3n) is 4.91. The minimum absolute atomic E-state index is 0.134. The van der Waals surface area contributed by atoms with Crippen LogP contribution in [0.3, 0.4) is 0 Å². The standard InChI is InChI=1S/C23H20N2O4S/c1-14-7-6-10-19(15(14)2)24-23(27)18-9-5-4-8-17(18)22(26)16-11-12-21(30-3)20(13-16)25(28)29/h4-13H,1-3H3,(H,24,27). The molecule has 0 aliphatic carbocycles. The number of nitrogens with one attached hydrogen (secondary N) is 1. The summed E-state index contributed by atoms with van der Waals surface area (Å²) >= 11 is 1.23. The van der Waals surface area contributed by atoms with Crippen LogP contribution in [0.15, 0.2) is 65.6 Å². The van der Waals surface area contributed by atoms with E-state index in [-0.39, 0.29) is 22.4 Å². The fourth-order valence-electron chi connectivity index (χ4n) is 3.08. The lowest BCUT2D eigenvalue weighted by atomic mass is 9.97. The molecule has 152 valence electrons. The molecule has 30 heavy (non-hydrogen) atoms. The Hall–Kier alpha value is -3.45. The second-order valence-electron chi connectivity index (χ2n) is 6.72. The number of benzene rings is 3. The number of hydrogen-bond donors (Lipinski definition) is 1. The fraction of sp³-hybridized carbons (Fsp3) is 0.130. The molecular weight excluding hydrogens is 400 g/mol. The van der Waals surface area contributed by atoms with Crippen molar-refractivity contribution in [2.75, 3.05) is 11.6 Å². The molecule has 0 aromatic heterocycles. The molecular formula is C23H20N2O4S. The number of thioether (sulfide) groups is 1. The molecule has 0 saturated heterocycles. The Balaban J connectivity index is 1.98. The zero-order valence-electron chi connectivity index (χ0n) is 16.8. The average molecular weight is 420 g/mol. The lowest BCUT2D eigenvalue weighted by molar-refractivity contribution is -0.387. The largest absolute Gasteiger partial charge is 0.322 e. The number of anilines is 1. The summed E-state index contributed by atoms with van der Waals surface area (Å²) < 4.78 is 0. The van der Waals surface area contributed by atoms with Crippen molar-refractivity contribution >= 4 is 34.8 Å². The van der Waals surface area contributed by atoms with Crippen LogP contribution in [0, 0.1) is 24.0 Å². The molecule has 0 spiro atoms. The highest BCUT2D eigenvalue weighted by atomic mass is 32.2. The molecule has 3 aromatic carbocycles. The molecule has 0 aliphatic rings. The molecule has 0 heterocycles. The van der Waals surface area contributed by atoms with Gasteiger partial charge in [-0.25, -0.2) is 0 Å². The first-order chi connectivity index (χ1) is 14.3. The van der Waals surface area contributed by atoms with Gasteiger partial charge in [0.2, 0.25) is 0 Å². The highest BCUT2D eigenvalue weighted by Gasteiger charge is 2.22. The van der Waals surface area contributed by atoms with Crippen molar-refractivity contribution in [2.24, 2.45) is 0 Å². The molecule has 3 aromatic rings. The van der Waals surface area contributed by atoms with E-state index in [9.17, 15) is 19.7 Å². The number of ketones is 1. The van der Waals surface area contributed by atoms with Crippen LogP contribution in [0.1, 0.15) is 37.4 Å². The van der Waals surface area contributed by atoms with Gasteiger partial charge in [-0.1, -0.05) is 30.3 Å². The second-order valence-corrected chi connectivity index (χ2v) is 7.57. The summed E-state index contributed by atoms with van der Waals surface area (Å²) in [5.74, 6) is -0.861. The number of rotatable bonds is 6. The van der Waals surface area contributed by atoms with Gasteiger partial charge in [0.05, 0.1) is 15.4 Å². The van der Waals surface area contributed by atoms with Crippen molar-refractivity contribution in [3.05, 3.63) is 98.6 Å². The smallest absolute Gasteiger partial charge is 0.283 e. The van der Waals surface area contributed by atoms with Crippen LogP contribution in [-0.4, -0.2) is 22.9 Å². The Morgan fingerprint density at radius 1 is 0.967 bits per heavy atom. The van der Waals surface area contributed by atoms with Crippen molar-refractivity contribution in [2.45, 2.75) is 18.7 Å². The molecule has 1 amide bonds. The number of hydrogen-bond acceptors (Lipinski definition) is 5. The first-order valence-corrected chi connectivity index (χ1v) is 10.4. The zero-order valence-corrected chi connectivity index (χ0v) is 17.6. The molecule has 0 fully saturated rings. The van der Waals surface area contributed by atoms with Crippen LogP contribution >= 0.6 is 11.8 Å². The number of aryl methyl sites for hydroxylation is 1. The SMILES string of the molecule is CSc1ccc(C(=O)c2ccccc2C(=O)Nc2cccc(C)c2C)cc1[N+](=O)[O-]. The molecule has 6 nitrogen and oxygen atoms in total. The number of nitro groups is 1. The van der Waals surface area contributed by atoms with Crippen molar-refractivity contribution in [1.29, 1.82) is 0 Å². The van der Waals surface area contributed by atoms with Gasteiger partial charge in [-0.2, -0.15) is 0 Å². The lowest BCUT2D eigenvalue weighted by Crippen LogP contribution is -2.17. The molecule has 0 bridgehead atoms. The van der Waals surface area contributed by atoms with E-state index in [1.165, 1.54) is 17.8 Å². The highest BCUT2D eigenvalue weighted by molar-refractivity contribution is 7.98. The summed E-state index contributed by atoms with van der Waals surface area (Å²) in [6.07, 6.45) is 1.73. The monoisotopic (exact) mass is 420 g/mol. The zero-order chi connectivity index (χ0) is 21.8. The Labute approximate surface area is 178 Å². The van der Waals surface area contributed by atoms with Crippen molar-refractivity contribution in [1.82, 2.24) is 0 Å². The molecule has 1 N–H and O–H groups in total. The van der Waals surface area contributed by atoms with Crippen molar-refractivity contribution < 1.29 is 14.5 Å². The lowest BCUT2D eigenvalue weighted by Gasteiger charge is -2.13. The number of nitro benzene ring substituents is 1. The van der Waals surface area contributed by atoms with E-state index in [1.807, 2.05) is 26.0 Å². The van der Waals surface area contributed by atoms with Gasteiger partial charge >= 0.3 is 0 Å². The van der Waals surface area contributed by atoms with E-state index in [0.717, 1.165) is 11.1 Å². The molecule has 0 saturated carbocycles. The number of carbonyl (C=O) groups is 2. The summed E-state index contributed by atoms with van der Waals surface area (Å²) in [4.78, 5) is 37.3. The average Bonchev–Trinajstić information content (AvgIpc) is 2.75. The van der Waals surface area contributed by atoms with Gasteiger partial charge in [0.25, 0.3) is 11.6 Å². The molecule has 3 rings (SSSR count). The van der Waals surface area contributed by atoms with Crippen LogP contribution in [0.25, 0.3) is 0 Å². The van der Waals surface area contributed by atoms with Crippen LogP contribution < -0.4 is 5.32 Å². The Bertz CT molecular complexity index is 1160. The fourth-order valence-corrected chi connectivity index (χ4v) is 3.63. The van der Waals surface area contributed by atoms with E-state index in [4.69, 9.17) is 0 Å². The van der Waals surface area contributed by atoms with Gasteiger partial charge < -0.3 is 5.32 Å². The van der Waals surface area contributed by atoms with Crippen molar-refractivity contribution in [3.63, 3.8) is 0 Å². The van der Waals surface area contributed by atoms with E-state index in [1.54, 1.807) is 48.7 Å². The third kappa shape index (κ3) is 4.26. The maximum absolute atomic E-state index is 13.1. The van der Waals surface area contributed by atoms with Gasteiger partial charge in [0, 0.05) is 22.9 Å². The van der Waals surface area contributed by atoms with Gasteiger partial charge in [0.1, 0.15) is 0 Å². The predicted molar refractivity (Wildman–Crippen MR) is 119 cm³/mol. The minimum Gasteiger partial charge on any atom is -0.322 e. The quantitative estimate of drug-likeness (QED) is 0.249. The molecule has 0 radical (unpaired) electrons. The number of carbonyl (C=O) groups excluding carboxylic acids is 2. The predicted octanol–water partition coefficient (Wildman–Crippen LogP) is 5.42. The second kappa shape index (κ2) is 8.92. The van der Waals surface area contributed by atoms with Gasteiger partial charge in [-0.05, 0) is 55.5 Å². The number of amides is 1. The molecule has 7 heteroatoms. The van der Waals surface area contributed by atoms with E-state index < -0.39 is 16.6 Å². The molecule has 0 unspecified atom stereocenters. The Morgan fingerprint density at radius 3 is 2.33 bits per heavy atom. The Morgan fingerprint density at radius 2 is 1.67 bits per heavy atom. The first kappa shape index (κ1) is 21.3. The van der Waals surface area contributed by atoms with Crippen LogP contribution in [0.4, 0.5) is 11.4 Å². The topological polar surface area (TPSA) is 89.3 Å². The summed E-state index contributed by atoms with van der Waals surface area (Å²) in [6.45, 7) is 3.86. The highest BCUT2D eigenvalue weighted by Crippen LogP contribution is 2.29. The van der Waals surface area contributed by atoms with E-state index >= 15 is 0 Å². The maximum atomic E-state index is 13.1. The van der Waals surface area contributed by atoms with E-state index in [2.05, 4.69) is 5.32 Å². The van der Waals surface area contributed by atoms with Gasteiger partial charge in [-0.15, -0.1) is 11.8 Å². The van der Waals surface area contributed by atoms with Crippen molar-refractivity contribution in [3.8, 4) is 0 Å². The first-order valence-electron chi connectivity index (χ1n) is 9.17. The summed E-state index contributed by atoms with van der Waals surface area (Å²) in [7, 11) is 0. The Kier molecular flexibility index (Phi) is 6.32. The van der Waals surface area contributed by atoms with E-state index in [0.29, 0.717) is 10.6 Å². The summed E-state index contributed by atoms with van der Waals surface area (Å²) in [6, 6.07) is 16.4. The van der Waals surface area contributed by atoms with Crippen LogP contribution in [-0.2, 0) is 0 Å². The minimum atomic E-state index is -0.512. The normalized spacial score (nSPS) is 10.5. The van der Waals surface area contributed by atoms with Crippen LogP contribution in [0.2, 0.25) is 0 Å². The maximum Gasteiger partial charge on any atom is 0.283 e. The summed E-state index contributed by atoms with van der Waals surface area (Å²) in [5.41, 5.74) is 3.07. The van der Waals surface area contributed by atoms with Crippen LogP contribution in [0.5, 0.6) is 0 Å². The number of nitrogens with zero attached hydrogens (tertiary/aromatic N) is 1. The molecule has 0 aliphatic heterocycles. The summed E-state index contributed by atoms with van der Waals surface area (Å²) in [5, 5.41) is 14.2. The third-order valence-corrected chi connectivity index (χ3v) is 5.69. The van der Waals surface area contributed by atoms with Gasteiger partial charge in [-0.3, -0.25) is 19.7 Å². The van der Waals surface area contributed by atoms with Gasteiger partial charge in [0.15, 0.2) is 5.78 Å². The molecule has 0 atom stereocenters.